The van der Waals surface area contributed by atoms with Crippen LogP contribution in [-0.4, -0.2) is 13.1 Å². The average Bonchev–Trinajstić information content (AvgIpc) is 2.84. The van der Waals surface area contributed by atoms with Gasteiger partial charge in [0.15, 0.2) is 0 Å². The Morgan fingerprint density at radius 2 is 1.89 bits per heavy atom. The Bertz CT molecular complexity index is 490. The second kappa shape index (κ2) is 6.43. The van der Waals surface area contributed by atoms with E-state index in [9.17, 15) is 0 Å². The number of rotatable bonds is 6. The molecule has 2 rings (SSSR count). The predicted octanol–water partition coefficient (Wildman–Crippen LogP) is 3.41. The summed E-state index contributed by atoms with van der Waals surface area (Å²) in [7, 11) is 2.08. The zero-order valence-electron chi connectivity index (χ0n) is 11.9. The Morgan fingerprint density at radius 3 is 2.58 bits per heavy atom. The number of anilines is 1. The van der Waals surface area contributed by atoms with Crippen molar-refractivity contribution in [3.8, 4) is 0 Å². The molecule has 0 aliphatic heterocycles. The number of furan rings is 1. The maximum atomic E-state index is 5.61. The van der Waals surface area contributed by atoms with E-state index in [1.807, 2.05) is 12.1 Å². The number of hydrogen-bond donors (Lipinski definition) is 1. The minimum absolute atomic E-state index is 0.481. The summed E-state index contributed by atoms with van der Waals surface area (Å²) in [6, 6.07) is 12.9. The minimum atomic E-state index is 0.481. The van der Waals surface area contributed by atoms with Crippen molar-refractivity contribution in [3.05, 3.63) is 54.0 Å². The van der Waals surface area contributed by atoms with Gasteiger partial charge in [-0.05, 0) is 18.2 Å². The maximum absolute atomic E-state index is 5.61. The lowest BCUT2D eigenvalue weighted by Gasteiger charge is -2.18. The second-order valence-corrected chi connectivity index (χ2v) is 5.10. The van der Waals surface area contributed by atoms with Crippen LogP contribution in [0.1, 0.15) is 25.2 Å². The number of nitrogens with one attached hydrogen (secondary N) is 1. The first kappa shape index (κ1) is 13.7. The normalized spacial score (nSPS) is 10.9. The van der Waals surface area contributed by atoms with E-state index in [2.05, 4.69) is 55.4 Å². The van der Waals surface area contributed by atoms with Crippen molar-refractivity contribution >= 4 is 5.69 Å². The Morgan fingerprint density at radius 1 is 1.16 bits per heavy atom. The molecule has 1 heterocycles. The highest BCUT2D eigenvalue weighted by Gasteiger charge is 2.10. The highest BCUT2D eigenvalue weighted by molar-refractivity contribution is 5.45. The van der Waals surface area contributed by atoms with E-state index in [0.29, 0.717) is 6.04 Å². The highest BCUT2D eigenvalue weighted by atomic mass is 16.3. The molecule has 3 heteroatoms. The van der Waals surface area contributed by atoms with Gasteiger partial charge in [0.25, 0.3) is 0 Å². The van der Waals surface area contributed by atoms with Crippen molar-refractivity contribution in [1.29, 1.82) is 0 Å². The maximum Gasteiger partial charge on any atom is 0.127 e. The molecule has 0 saturated heterocycles. The molecule has 0 fully saturated rings. The summed E-state index contributed by atoms with van der Waals surface area (Å²) in [6.07, 6.45) is 1.77. The van der Waals surface area contributed by atoms with Crippen LogP contribution in [0.3, 0.4) is 0 Å². The molecule has 0 radical (unpaired) electrons. The van der Waals surface area contributed by atoms with Crippen molar-refractivity contribution < 1.29 is 4.42 Å². The fraction of sp³-hybridized carbons (Fsp3) is 0.375. The minimum Gasteiger partial charge on any atom is -0.467 e. The molecule has 1 N–H and O–H groups in total. The Hall–Kier alpha value is -1.74. The van der Waals surface area contributed by atoms with Gasteiger partial charge in [-0.25, -0.2) is 0 Å². The lowest BCUT2D eigenvalue weighted by atomic mass is 10.2. The molecule has 0 aliphatic rings. The zero-order valence-corrected chi connectivity index (χ0v) is 11.9. The quantitative estimate of drug-likeness (QED) is 0.860. The number of nitrogens with zero attached hydrogens (tertiary/aromatic N) is 1. The van der Waals surface area contributed by atoms with E-state index in [4.69, 9.17) is 4.42 Å². The molecular formula is C16H22N2O. The van der Waals surface area contributed by atoms with Crippen molar-refractivity contribution in [3.63, 3.8) is 0 Å². The van der Waals surface area contributed by atoms with Crippen molar-refractivity contribution in [2.45, 2.75) is 33.0 Å². The molecule has 102 valence electrons. The Labute approximate surface area is 115 Å². The molecule has 1 aromatic heterocycles. The van der Waals surface area contributed by atoms with E-state index in [1.54, 1.807) is 6.26 Å². The summed E-state index contributed by atoms with van der Waals surface area (Å²) in [5.74, 6) is 1.03. The summed E-state index contributed by atoms with van der Waals surface area (Å²) < 4.78 is 5.61. The van der Waals surface area contributed by atoms with E-state index in [0.717, 1.165) is 18.8 Å². The van der Waals surface area contributed by atoms with Gasteiger partial charge in [0.2, 0.25) is 0 Å². The second-order valence-electron chi connectivity index (χ2n) is 5.10. The highest BCUT2D eigenvalue weighted by Crippen LogP contribution is 2.18. The largest absolute Gasteiger partial charge is 0.467 e. The first-order valence-electron chi connectivity index (χ1n) is 6.71. The van der Waals surface area contributed by atoms with Crippen molar-refractivity contribution in [2.75, 3.05) is 11.9 Å². The van der Waals surface area contributed by atoms with Gasteiger partial charge in [0, 0.05) is 30.9 Å². The third-order valence-electron chi connectivity index (χ3n) is 3.12. The smallest absolute Gasteiger partial charge is 0.127 e. The third-order valence-corrected chi connectivity index (χ3v) is 3.12. The van der Waals surface area contributed by atoms with Crippen LogP contribution in [0.5, 0.6) is 0 Å². The van der Waals surface area contributed by atoms with Crippen LogP contribution in [0.15, 0.2) is 47.1 Å². The molecule has 0 spiro atoms. The zero-order chi connectivity index (χ0) is 13.7. The van der Waals surface area contributed by atoms with Crippen LogP contribution in [0.2, 0.25) is 0 Å². The summed E-state index contributed by atoms with van der Waals surface area (Å²) in [5, 5.41) is 3.42. The van der Waals surface area contributed by atoms with Gasteiger partial charge in [-0.2, -0.15) is 0 Å². The van der Waals surface area contributed by atoms with Gasteiger partial charge in [-0.1, -0.05) is 32.0 Å². The van der Waals surface area contributed by atoms with E-state index in [1.165, 1.54) is 11.3 Å². The third kappa shape index (κ3) is 3.86. The summed E-state index contributed by atoms with van der Waals surface area (Å²) in [5.41, 5.74) is 2.43. The molecule has 2 aromatic rings. The molecular weight excluding hydrogens is 236 g/mol. The van der Waals surface area contributed by atoms with E-state index in [-0.39, 0.29) is 0 Å². The SMILES string of the molecule is CC(C)NCc1ccoc1CN(C)c1ccccc1. The molecule has 0 saturated carbocycles. The summed E-state index contributed by atoms with van der Waals surface area (Å²) >= 11 is 0. The topological polar surface area (TPSA) is 28.4 Å². The molecule has 1 aromatic carbocycles. The van der Waals surface area contributed by atoms with Crippen molar-refractivity contribution in [1.82, 2.24) is 5.32 Å². The van der Waals surface area contributed by atoms with Gasteiger partial charge < -0.3 is 14.6 Å². The summed E-state index contributed by atoms with van der Waals surface area (Å²) in [6.45, 7) is 5.93. The molecule has 0 unspecified atom stereocenters. The van der Waals surface area contributed by atoms with Crippen LogP contribution >= 0.6 is 0 Å². The Balaban J connectivity index is 2.01. The molecule has 0 bridgehead atoms. The van der Waals surface area contributed by atoms with Gasteiger partial charge in [-0.3, -0.25) is 0 Å². The first-order valence-corrected chi connectivity index (χ1v) is 6.71. The predicted molar refractivity (Wildman–Crippen MR) is 79.2 cm³/mol. The first-order chi connectivity index (χ1) is 9.16. The number of para-hydroxylation sites is 1. The van der Waals surface area contributed by atoms with Gasteiger partial charge in [0.1, 0.15) is 5.76 Å². The van der Waals surface area contributed by atoms with E-state index < -0.39 is 0 Å². The van der Waals surface area contributed by atoms with Crippen LogP contribution < -0.4 is 10.2 Å². The van der Waals surface area contributed by atoms with Crippen LogP contribution in [0.25, 0.3) is 0 Å². The lowest BCUT2D eigenvalue weighted by Crippen LogP contribution is -2.23. The number of benzene rings is 1. The van der Waals surface area contributed by atoms with Crippen LogP contribution in [-0.2, 0) is 13.1 Å². The lowest BCUT2D eigenvalue weighted by molar-refractivity contribution is 0.496. The standard InChI is InChI=1S/C16H22N2O/c1-13(2)17-11-14-9-10-19-16(14)12-18(3)15-7-5-4-6-8-15/h4-10,13,17H,11-12H2,1-3H3. The fourth-order valence-electron chi connectivity index (χ4n) is 1.97. The fourth-order valence-corrected chi connectivity index (χ4v) is 1.97. The van der Waals surface area contributed by atoms with Crippen molar-refractivity contribution in [2.24, 2.45) is 0 Å². The molecule has 19 heavy (non-hydrogen) atoms. The monoisotopic (exact) mass is 258 g/mol. The molecule has 3 nitrogen and oxygen atoms in total. The van der Waals surface area contributed by atoms with Gasteiger partial charge in [0.05, 0.1) is 12.8 Å². The van der Waals surface area contributed by atoms with E-state index >= 15 is 0 Å². The number of hydrogen-bond acceptors (Lipinski definition) is 3. The molecule has 0 amide bonds. The van der Waals surface area contributed by atoms with Crippen LogP contribution in [0.4, 0.5) is 5.69 Å². The summed E-state index contributed by atoms with van der Waals surface area (Å²) in [4.78, 5) is 2.19. The van der Waals surface area contributed by atoms with Gasteiger partial charge in [-0.15, -0.1) is 0 Å². The van der Waals surface area contributed by atoms with Gasteiger partial charge >= 0.3 is 0 Å². The molecule has 0 aliphatic carbocycles. The average molecular weight is 258 g/mol. The molecule has 0 atom stereocenters. The van der Waals surface area contributed by atoms with Crippen LogP contribution in [0, 0.1) is 0 Å². The Kier molecular flexibility index (Phi) is 4.63.